The Labute approximate surface area is 76.5 Å². The van der Waals surface area contributed by atoms with Crippen LogP contribution in [0, 0.1) is 0 Å². The maximum atomic E-state index is 11.4. The minimum absolute atomic E-state index is 0.0451. The molecule has 0 fully saturated rings. The summed E-state index contributed by atoms with van der Waals surface area (Å²) in [5.74, 6) is 0.278. The van der Waals surface area contributed by atoms with E-state index < -0.39 is 0 Å². The maximum absolute atomic E-state index is 11.4. The monoisotopic (exact) mass is 174 g/mol. The second-order valence-electron chi connectivity index (χ2n) is 3.11. The average molecular weight is 174 g/mol. The molecule has 2 heteroatoms. The number of hydrogen-bond acceptors (Lipinski definition) is 2. The number of rotatable bonds is 1. The largest absolute Gasteiger partial charge is 0.512 e. The first kappa shape index (κ1) is 8.05. The molecule has 0 amide bonds. The van der Waals surface area contributed by atoms with Crippen LogP contribution in [-0.4, -0.2) is 10.9 Å². The molecule has 1 aromatic rings. The zero-order valence-electron chi connectivity index (χ0n) is 7.16. The molecule has 0 aliphatic heterocycles. The fourth-order valence-electron chi connectivity index (χ4n) is 1.58. The van der Waals surface area contributed by atoms with Crippen molar-refractivity contribution in [3.05, 3.63) is 41.7 Å². The summed E-state index contributed by atoms with van der Waals surface area (Å²) < 4.78 is 0. The maximum Gasteiger partial charge on any atom is 0.167 e. The molecule has 1 N–H and O–H groups in total. The summed E-state index contributed by atoms with van der Waals surface area (Å²) in [6.45, 7) is 0. The van der Waals surface area contributed by atoms with Crippen molar-refractivity contribution in [2.45, 2.75) is 12.8 Å². The number of aliphatic hydroxyl groups is 1. The highest BCUT2D eigenvalue weighted by molar-refractivity contribution is 6.23. The number of benzene rings is 1. The Kier molecular flexibility index (Phi) is 1.89. The molecule has 0 heterocycles. The Morgan fingerprint density at radius 2 is 1.77 bits per heavy atom. The van der Waals surface area contributed by atoms with Gasteiger partial charge < -0.3 is 5.11 Å². The molecule has 0 bridgehead atoms. The van der Waals surface area contributed by atoms with Crippen LogP contribution in [0.5, 0.6) is 0 Å². The number of carbonyl (C=O) groups excluding carboxylic acids is 1. The van der Waals surface area contributed by atoms with E-state index in [1.54, 1.807) is 0 Å². The lowest BCUT2D eigenvalue weighted by Gasteiger charge is -2.00. The molecule has 66 valence electrons. The molecular weight excluding hydrogens is 164 g/mol. The summed E-state index contributed by atoms with van der Waals surface area (Å²) in [6, 6.07) is 9.30. The highest BCUT2D eigenvalue weighted by Gasteiger charge is 2.23. The van der Waals surface area contributed by atoms with E-state index >= 15 is 0 Å². The first-order valence-corrected chi connectivity index (χ1v) is 4.30. The summed E-state index contributed by atoms with van der Waals surface area (Å²) in [6.07, 6.45) is 0.930. The van der Waals surface area contributed by atoms with E-state index in [1.165, 1.54) is 0 Å². The molecule has 0 spiro atoms. The van der Waals surface area contributed by atoms with Gasteiger partial charge >= 0.3 is 0 Å². The Morgan fingerprint density at radius 3 is 2.31 bits per heavy atom. The van der Waals surface area contributed by atoms with Crippen molar-refractivity contribution in [2.75, 3.05) is 0 Å². The third-order valence-electron chi connectivity index (χ3n) is 2.22. The molecule has 0 radical (unpaired) electrons. The van der Waals surface area contributed by atoms with Crippen LogP contribution in [-0.2, 0) is 4.79 Å². The summed E-state index contributed by atoms with van der Waals surface area (Å²) in [5, 5.41) is 9.47. The van der Waals surface area contributed by atoms with Crippen molar-refractivity contribution >= 4 is 11.4 Å². The van der Waals surface area contributed by atoms with E-state index in [-0.39, 0.29) is 11.5 Å². The van der Waals surface area contributed by atoms with Crippen LogP contribution in [0.4, 0.5) is 0 Å². The topological polar surface area (TPSA) is 37.3 Å². The fourth-order valence-corrected chi connectivity index (χ4v) is 1.58. The molecule has 13 heavy (non-hydrogen) atoms. The lowest BCUT2D eigenvalue weighted by molar-refractivity contribution is -0.113. The molecular formula is C11H10O2. The molecule has 0 atom stereocenters. The number of aliphatic hydroxyl groups excluding tert-OH is 1. The summed E-state index contributed by atoms with van der Waals surface area (Å²) >= 11 is 0. The molecule has 1 aliphatic carbocycles. The van der Waals surface area contributed by atoms with E-state index in [4.69, 9.17) is 0 Å². The van der Waals surface area contributed by atoms with Gasteiger partial charge in [0.1, 0.15) is 5.76 Å². The minimum Gasteiger partial charge on any atom is -0.512 e. The first-order valence-electron chi connectivity index (χ1n) is 4.30. The number of allylic oxidation sites excluding steroid dienone is 2. The number of carbonyl (C=O) groups is 1. The number of Topliss-reactive ketones (excluding diaryl/α,β-unsaturated/α-hetero) is 1. The van der Waals surface area contributed by atoms with Crippen molar-refractivity contribution in [3.8, 4) is 0 Å². The van der Waals surface area contributed by atoms with Gasteiger partial charge in [0.15, 0.2) is 5.78 Å². The van der Waals surface area contributed by atoms with Crippen molar-refractivity contribution in [1.82, 2.24) is 0 Å². The molecule has 1 aliphatic rings. The van der Waals surface area contributed by atoms with Gasteiger partial charge in [-0.25, -0.2) is 0 Å². The molecule has 0 saturated heterocycles. The third kappa shape index (κ3) is 1.35. The second kappa shape index (κ2) is 3.05. The van der Waals surface area contributed by atoms with Crippen molar-refractivity contribution < 1.29 is 9.90 Å². The van der Waals surface area contributed by atoms with Crippen LogP contribution >= 0.6 is 0 Å². The lowest BCUT2D eigenvalue weighted by atomic mass is 10.0. The Balaban J connectivity index is 2.47. The van der Waals surface area contributed by atoms with Crippen LogP contribution in [0.15, 0.2) is 36.1 Å². The lowest BCUT2D eigenvalue weighted by Crippen LogP contribution is -1.95. The van der Waals surface area contributed by atoms with Gasteiger partial charge in [-0.05, 0) is 5.56 Å². The van der Waals surface area contributed by atoms with Crippen LogP contribution in [0.25, 0.3) is 5.57 Å². The molecule has 0 aromatic heterocycles. The second-order valence-corrected chi connectivity index (χ2v) is 3.11. The summed E-state index contributed by atoms with van der Waals surface area (Å²) in [4.78, 5) is 11.4. The minimum atomic E-state index is 0.0451. The van der Waals surface area contributed by atoms with Gasteiger partial charge in [-0.3, -0.25) is 4.79 Å². The van der Waals surface area contributed by atoms with Crippen LogP contribution in [0.2, 0.25) is 0 Å². The van der Waals surface area contributed by atoms with Gasteiger partial charge in [-0.2, -0.15) is 0 Å². The third-order valence-corrected chi connectivity index (χ3v) is 2.22. The van der Waals surface area contributed by atoms with E-state index in [1.807, 2.05) is 30.3 Å². The SMILES string of the molecule is O=C1CCC(O)=C1c1ccccc1. The van der Waals surface area contributed by atoms with Gasteiger partial charge in [0.05, 0.1) is 5.57 Å². The standard InChI is InChI=1S/C11H10O2/c12-9-6-7-10(13)11(9)8-4-2-1-3-5-8/h1-5,12H,6-7H2. The number of hydrogen-bond donors (Lipinski definition) is 1. The van der Waals surface area contributed by atoms with Crippen LogP contribution in [0.1, 0.15) is 18.4 Å². The molecule has 2 nitrogen and oxygen atoms in total. The normalized spacial score (nSPS) is 16.8. The predicted octanol–water partition coefficient (Wildman–Crippen LogP) is 2.32. The van der Waals surface area contributed by atoms with Gasteiger partial charge in [-0.15, -0.1) is 0 Å². The fraction of sp³-hybridized carbons (Fsp3) is 0.182. The highest BCUT2D eigenvalue weighted by atomic mass is 16.3. The number of ketones is 1. The van der Waals surface area contributed by atoms with E-state index in [2.05, 4.69) is 0 Å². The van der Waals surface area contributed by atoms with E-state index in [0.717, 1.165) is 5.56 Å². The summed E-state index contributed by atoms with van der Waals surface area (Å²) in [5.41, 5.74) is 1.32. The van der Waals surface area contributed by atoms with Gasteiger partial charge in [-0.1, -0.05) is 30.3 Å². The van der Waals surface area contributed by atoms with Gasteiger partial charge in [0.2, 0.25) is 0 Å². The van der Waals surface area contributed by atoms with Gasteiger partial charge in [0, 0.05) is 12.8 Å². The molecule has 0 unspecified atom stereocenters. The predicted molar refractivity (Wildman–Crippen MR) is 50.2 cm³/mol. The Bertz CT molecular complexity index is 363. The van der Waals surface area contributed by atoms with E-state index in [0.29, 0.717) is 18.4 Å². The highest BCUT2D eigenvalue weighted by Crippen LogP contribution is 2.28. The van der Waals surface area contributed by atoms with Crippen LogP contribution in [0.3, 0.4) is 0 Å². The zero-order chi connectivity index (χ0) is 9.26. The Hall–Kier alpha value is -1.57. The van der Waals surface area contributed by atoms with Gasteiger partial charge in [0.25, 0.3) is 0 Å². The van der Waals surface area contributed by atoms with E-state index in [9.17, 15) is 9.90 Å². The summed E-state index contributed by atoms with van der Waals surface area (Å²) in [7, 11) is 0. The quantitative estimate of drug-likeness (QED) is 0.709. The van der Waals surface area contributed by atoms with Crippen molar-refractivity contribution in [1.29, 1.82) is 0 Å². The molecule has 2 rings (SSSR count). The molecule has 0 saturated carbocycles. The Morgan fingerprint density at radius 1 is 1.08 bits per heavy atom. The van der Waals surface area contributed by atoms with Crippen LogP contribution < -0.4 is 0 Å². The average Bonchev–Trinajstić information content (AvgIpc) is 2.48. The zero-order valence-corrected chi connectivity index (χ0v) is 7.16. The van der Waals surface area contributed by atoms with Crippen molar-refractivity contribution in [2.24, 2.45) is 0 Å². The first-order chi connectivity index (χ1) is 6.29. The van der Waals surface area contributed by atoms with Crippen molar-refractivity contribution in [3.63, 3.8) is 0 Å². The molecule has 1 aromatic carbocycles. The smallest absolute Gasteiger partial charge is 0.167 e.